The molecule has 0 saturated heterocycles. The molecule has 2 aromatic rings. The van der Waals surface area contributed by atoms with Gasteiger partial charge in [0.15, 0.2) is 0 Å². The first kappa shape index (κ1) is 15.3. The Bertz CT molecular complexity index is 597. The molecular weight excluding hydrogens is 283 g/mol. The van der Waals surface area contributed by atoms with Crippen molar-refractivity contribution in [2.75, 3.05) is 0 Å². The van der Waals surface area contributed by atoms with Gasteiger partial charge in [-0.15, -0.1) is 13.2 Å². The Kier molecular flexibility index (Phi) is 4.47. The maximum Gasteiger partial charge on any atom is 0.573 e. The van der Waals surface area contributed by atoms with E-state index in [9.17, 15) is 18.3 Å². The predicted octanol–water partition coefficient (Wildman–Crippen LogP) is 4.09. The SMILES string of the molecule is CCC(O)c1cncc(-c2ccc(OC(F)(F)F)cc2)c1. The van der Waals surface area contributed by atoms with Crippen molar-refractivity contribution in [2.24, 2.45) is 0 Å². The molecule has 112 valence electrons. The summed E-state index contributed by atoms with van der Waals surface area (Å²) in [6.07, 6.45) is -1.59. The summed E-state index contributed by atoms with van der Waals surface area (Å²) in [5.74, 6) is -0.274. The number of aliphatic hydroxyl groups is 1. The summed E-state index contributed by atoms with van der Waals surface area (Å²) in [7, 11) is 0. The summed E-state index contributed by atoms with van der Waals surface area (Å²) in [6.45, 7) is 1.85. The largest absolute Gasteiger partial charge is 0.573 e. The number of rotatable bonds is 4. The van der Waals surface area contributed by atoms with E-state index in [1.54, 1.807) is 18.5 Å². The van der Waals surface area contributed by atoms with E-state index in [1.807, 2.05) is 6.92 Å². The summed E-state index contributed by atoms with van der Waals surface area (Å²) in [6, 6.07) is 7.28. The number of aromatic nitrogens is 1. The number of benzene rings is 1. The molecule has 6 heteroatoms. The lowest BCUT2D eigenvalue weighted by Gasteiger charge is -2.11. The Morgan fingerprint density at radius 2 is 1.81 bits per heavy atom. The van der Waals surface area contributed by atoms with Gasteiger partial charge in [0.2, 0.25) is 0 Å². The molecule has 0 amide bonds. The maximum absolute atomic E-state index is 12.1. The van der Waals surface area contributed by atoms with E-state index >= 15 is 0 Å². The summed E-state index contributed by atoms with van der Waals surface area (Å²) < 4.78 is 40.1. The molecule has 1 N–H and O–H groups in total. The third-order valence-electron chi connectivity index (χ3n) is 2.95. The third-order valence-corrected chi connectivity index (χ3v) is 2.95. The highest BCUT2D eigenvalue weighted by atomic mass is 19.4. The minimum atomic E-state index is -4.70. The minimum absolute atomic E-state index is 0.274. The fraction of sp³-hybridized carbons (Fsp3) is 0.267. The summed E-state index contributed by atoms with van der Waals surface area (Å²) >= 11 is 0. The lowest BCUT2D eigenvalue weighted by molar-refractivity contribution is -0.274. The average Bonchev–Trinajstić information content (AvgIpc) is 2.45. The molecule has 3 nitrogen and oxygen atoms in total. The Hall–Kier alpha value is -2.08. The fourth-order valence-electron chi connectivity index (χ4n) is 1.88. The van der Waals surface area contributed by atoms with E-state index in [0.717, 1.165) is 5.56 Å². The molecule has 0 aliphatic rings. The van der Waals surface area contributed by atoms with Gasteiger partial charge in [-0.05, 0) is 35.7 Å². The summed E-state index contributed by atoms with van der Waals surface area (Å²) in [4.78, 5) is 4.04. The number of halogens is 3. The molecule has 1 aromatic heterocycles. The zero-order valence-electron chi connectivity index (χ0n) is 11.3. The van der Waals surface area contributed by atoms with Gasteiger partial charge in [0.05, 0.1) is 6.10 Å². The van der Waals surface area contributed by atoms with Crippen LogP contribution in [0.5, 0.6) is 5.75 Å². The molecule has 0 aliphatic carbocycles. The lowest BCUT2D eigenvalue weighted by atomic mass is 10.0. The highest BCUT2D eigenvalue weighted by molar-refractivity contribution is 5.63. The Balaban J connectivity index is 2.23. The van der Waals surface area contributed by atoms with Crippen LogP contribution < -0.4 is 4.74 Å². The van der Waals surface area contributed by atoms with Crippen LogP contribution in [0.1, 0.15) is 25.0 Å². The summed E-state index contributed by atoms with van der Waals surface area (Å²) in [5, 5.41) is 9.79. The van der Waals surface area contributed by atoms with E-state index in [4.69, 9.17) is 0 Å². The van der Waals surface area contributed by atoms with Crippen LogP contribution in [0.2, 0.25) is 0 Å². The highest BCUT2D eigenvalue weighted by Gasteiger charge is 2.30. The third kappa shape index (κ3) is 4.19. The number of alkyl halides is 3. The van der Waals surface area contributed by atoms with E-state index in [-0.39, 0.29) is 5.75 Å². The van der Waals surface area contributed by atoms with Crippen LogP contribution in [0, 0.1) is 0 Å². The van der Waals surface area contributed by atoms with E-state index < -0.39 is 12.5 Å². The van der Waals surface area contributed by atoms with Gasteiger partial charge in [-0.2, -0.15) is 0 Å². The van der Waals surface area contributed by atoms with Crippen molar-refractivity contribution in [2.45, 2.75) is 25.8 Å². The zero-order valence-corrected chi connectivity index (χ0v) is 11.3. The van der Waals surface area contributed by atoms with E-state index in [2.05, 4.69) is 9.72 Å². The van der Waals surface area contributed by atoms with Gasteiger partial charge in [-0.1, -0.05) is 19.1 Å². The van der Waals surface area contributed by atoms with Crippen LogP contribution in [0.15, 0.2) is 42.7 Å². The second-order valence-electron chi connectivity index (χ2n) is 4.50. The minimum Gasteiger partial charge on any atom is -0.406 e. The van der Waals surface area contributed by atoms with Crippen molar-refractivity contribution in [3.63, 3.8) is 0 Å². The van der Waals surface area contributed by atoms with Crippen LogP contribution in [-0.2, 0) is 0 Å². The monoisotopic (exact) mass is 297 g/mol. The van der Waals surface area contributed by atoms with Gasteiger partial charge in [0.25, 0.3) is 0 Å². The van der Waals surface area contributed by atoms with E-state index in [0.29, 0.717) is 17.5 Å². The molecule has 1 aromatic carbocycles. The van der Waals surface area contributed by atoms with Crippen LogP contribution in [0.4, 0.5) is 13.2 Å². The molecule has 0 aliphatic heterocycles. The molecule has 1 unspecified atom stereocenters. The van der Waals surface area contributed by atoms with Crippen molar-refractivity contribution < 1.29 is 23.0 Å². The molecule has 2 rings (SSSR count). The van der Waals surface area contributed by atoms with Gasteiger partial charge in [0.1, 0.15) is 5.75 Å². The first-order valence-electron chi connectivity index (χ1n) is 6.38. The Morgan fingerprint density at radius 1 is 1.14 bits per heavy atom. The van der Waals surface area contributed by atoms with Gasteiger partial charge < -0.3 is 9.84 Å². The maximum atomic E-state index is 12.1. The topological polar surface area (TPSA) is 42.4 Å². The second kappa shape index (κ2) is 6.13. The standard InChI is InChI=1S/C15H14F3NO2/c1-2-14(20)12-7-11(8-19-9-12)10-3-5-13(6-4-10)21-15(16,17)18/h3-9,14,20H,2H2,1H3. The first-order valence-corrected chi connectivity index (χ1v) is 6.38. The fourth-order valence-corrected chi connectivity index (χ4v) is 1.88. The van der Waals surface area contributed by atoms with Crippen LogP contribution in [0.3, 0.4) is 0 Å². The Morgan fingerprint density at radius 3 is 2.38 bits per heavy atom. The number of nitrogens with zero attached hydrogens (tertiary/aromatic N) is 1. The van der Waals surface area contributed by atoms with Gasteiger partial charge >= 0.3 is 6.36 Å². The zero-order chi connectivity index (χ0) is 15.5. The molecular formula is C15H14F3NO2. The molecule has 0 fully saturated rings. The first-order chi connectivity index (χ1) is 9.89. The number of ether oxygens (including phenoxy) is 1. The Labute approximate surface area is 120 Å². The molecule has 0 bridgehead atoms. The van der Waals surface area contributed by atoms with Crippen molar-refractivity contribution in [1.82, 2.24) is 4.98 Å². The average molecular weight is 297 g/mol. The lowest BCUT2D eigenvalue weighted by Crippen LogP contribution is -2.16. The number of pyridine rings is 1. The van der Waals surface area contributed by atoms with Crippen molar-refractivity contribution >= 4 is 0 Å². The highest BCUT2D eigenvalue weighted by Crippen LogP contribution is 2.27. The quantitative estimate of drug-likeness (QED) is 0.924. The smallest absolute Gasteiger partial charge is 0.406 e. The summed E-state index contributed by atoms with van der Waals surface area (Å²) in [5.41, 5.74) is 2.09. The number of aliphatic hydroxyl groups excluding tert-OH is 1. The van der Waals surface area contributed by atoms with Crippen LogP contribution in [0.25, 0.3) is 11.1 Å². The number of hydrogen-bond donors (Lipinski definition) is 1. The normalized spacial score (nSPS) is 13.0. The molecule has 0 spiro atoms. The van der Waals surface area contributed by atoms with Gasteiger partial charge in [0, 0.05) is 18.0 Å². The van der Waals surface area contributed by atoms with Gasteiger partial charge in [-0.25, -0.2) is 0 Å². The van der Waals surface area contributed by atoms with Gasteiger partial charge in [-0.3, -0.25) is 4.98 Å². The molecule has 0 radical (unpaired) electrons. The number of hydrogen-bond acceptors (Lipinski definition) is 3. The molecule has 1 atom stereocenters. The van der Waals surface area contributed by atoms with Crippen LogP contribution >= 0.6 is 0 Å². The van der Waals surface area contributed by atoms with Crippen molar-refractivity contribution in [3.05, 3.63) is 48.3 Å². The van der Waals surface area contributed by atoms with Crippen LogP contribution in [-0.4, -0.2) is 16.5 Å². The van der Waals surface area contributed by atoms with E-state index in [1.165, 1.54) is 24.3 Å². The predicted molar refractivity (Wildman–Crippen MR) is 71.6 cm³/mol. The van der Waals surface area contributed by atoms with Crippen molar-refractivity contribution in [3.8, 4) is 16.9 Å². The van der Waals surface area contributed by atoms with Crippen molar-refractivity contribution in [1.29, 1.82) is 0 Å². The molecule has 21 heavy (non-hydrogen) atoms. The second-order valence-corrected chi connectivity index (χ2v) is 4.50. The molecule has 0 saturated carbocycles. The molecule has 1 heterocycles.